The molecule has 2 saturated heterocycles. The largest absolute Gasteiger partial charge is 0.747 e. The summed E-state index contributed by atoms with van der Waals surface area (Å²) in [7, 11) is -2.43. The molecule has 0 saturated carbocycles. The van der Waals surface area contributed by atoms with E-state index in [2.05, 4.69) is 9.68 Å². The molecule has 11 nitrogen and oxygen atoms in total. The number of hydroxylamine groups is 4. The smallest absolute Gasteiger partial charge is 0.271 e. The van der Waals surface area contributed by atoms with Crippen LogP contribution in [-0.4, -0.2) is 66.2 Å². The summed E-state index contributed by atoms with van der Waals surface area (Å²) >= 11 is 0. The summed E-state index contributed by atoms with van der Waals surface area (Å²) in [5.41, 5.74) is 0. The minimum Gasteiger partial charge on any atom is -0.747 e. The van der Waals surface area contributed by atoms with Crippen LogP contribution in [0, 0.1) is 0 Å². The van der Waals surface area contributed by atoms with Gasteiger partial charge in [-0.2, -0.15) is 10.1 Å². The highest BCUT2D eigenvalue weighted by atomic mass is 32.2. The Morgan fingerprint density at radius 1 is 0.917 bits per heavy atom. The van der Waals surface area contributed by atoms with Crippen molar-refractivity contribution in [1.82, 2.24) is 10.1 Å². The molecule has 0 aromatic heterocycles. The van der Waals surface area contributed by atoms with E-state index in [1.54, 1.807) is 0 Å². The van der Waals surface area contributed by atoms with E-state index in [9.17, 15) is 32.1 Å². The van der Waals surface area contributed by atoms with E-state index in [-0.39, 0.29) is 29.7 Å². The molecule has 1 unspecified atom stereocenters. The van der Waals surface area contributed by atoms with Crippen molar-refractivity contribution >= 4 is 33.7 Å². The van der Waals surface area contributed by atoms with Gasteiger partial charge in [-0.15, -0.1) is 0 Å². The Kier molecular flexibility index (Phi) is 8.67. The molecule has 24 heavy (non-hydrogen) atoms. The molecule has 138 valence electrons. The minimum atomic E-state index is -4.77. The van der Waals surface area contributed by atoms with E-state index >= 15 is 0 Å². The number of carbonyl (C=O) groups is 4. The zero-order chi connectivity index (χ0) is 19.1. The lowest BCUT2D eigenvalue weighted by Crippen LogP contribution is -2.34. The SMILES string of the molecule is CC.CON1C(=O)CC(S(=O)(=O)[O-])C1=O.CON1C(=O)CCC1=O. The number of imide groups is 2. The van der Waals surface area contributed by atoms with Crippen LogP contribution >= 0.6 is 0 Å². The van der Waals surface area contributed by atoms with Crippen LogP contribution in [0.15, 0.2) is 0 Å². The number of carbonyl (C=O) groups excluding carboxylic acids is 4. The maximum absolute atomic E-state index is 11.0. The first-order chi connectivity index (χ1) is 11.1. The van der Waals surface area contributed by atoms with Crippen LogP contribution in [0.2, 0.25) is 0 Å². The molecule has 2 rings (SSSR count). The van der Waals surface area contributed by atoms with Crippen LogP contribution < -0.4 is 0 Å². The third-order valence-electron chi connectivity index (χ3n) is 2.78. The van der Waals surface area contributed by atoms with Gasteiger partial charge in [-0.25, -0.2) is 8.42 Å². The summed E-state index contributed by atoms with van der Waals surface area (Å²) in [6, 6.07) is 0. The molecule has 0 spiro atoms. The monoisotopic (exact) mass is 367 g/mol. The Labute approximate surface area is 139 Å². The average molecular weight is 367 g/mol. The molecule has 0 aliphatic carbocycles. The molecule has 0 bridgehead atoms. The van der Waals surface area contributed by atoms with E-state index in [4.69, 9.17) is 0 Å². The molecule has 4 amide bonds. The molecule has 1 atom stereocenters. The molecule has 2 heterocycles. The van der Waals surface area contributed by atoms with E-state index in [1.165, 1.54) is 7.11 Å². The number of hydrogen-bond donors (Lipinski definition) is 0. The maximum Gasteiger partial charge on any atom is 0.271 e. The molecule has 12 heteroatoms. The lowest BCUT2D eigenvalue weighted by molar-refractivity contribution is -0.180. The highest BCUT2D eigenvalue weighted by Crippen LogP contribution is 2.18. The van der Waals surface area contributed by atoms with Crippen LogP contribution in [0.3, 0.4) is 0 Å². The second kappa shape index (κ2) is 9.42. The number of nitrogens with zero attached hydrogens (tertiary/aromatic N) is 2. The normalized spacial score (nSPS) is 20.6. The minimum absolute atomic E-state index is 0.248. The standard InChI is InChI=1S/C5H7NO6S.C5H7NO3.C2H6/c1-12-6-4(7)2-3(5(6)8)13(9,10)11;1-9-6-4(7)2-3-5(6)8;1-2/h3H,2H2,1H3,(H,9,10,11);2-3H2,1H3;1-2H3/p-1. The summed E-state index contributed by atoms with van der Waals surface area (Å²) < 4.78 is 31.3. The van der Waals surface area contributed by atoms with Crippen molar-refractivity contribution in [2.24, 2.45) is 0 Å². The molecule has 0 aromatic carbocycles. The Hall–Kier alpha value is -1.89. The highest BCUT2D eigenvalue weighted by molar-refractivity contribution is 7.87. The van der Waals surface area contributed by atoms with Gasteiger partial charge in [0.05, 0.1) is 20.6 Å². The summed E-state index contributed by atoms with van der Waals surface area (Å²) in [5.74, 6) is -2.44. The van der Waals surface area contributed by atoms with E-state index in [0.717, 1.165) is 12.2 Å². The van der Waals surface area contributed by atoms with E-state index in [0.29, 0.717) is 0 Å². The van der Waals surface area contributed by atoms with Crippen molar-refractivity contribution in [1.29, 1.82) is 0 Å². The summed E-state index contributed by atoms with van der Waals surface area (Å²) in [5, 5.41) is -0.764. The van der Waals surface area contributed by atoms with Gasteiger partial charge >= 0.3 is 0 Å². The van der Waals surface area contributed by atoms with Crippen LogP contribution in [0.5, 0.6) is 0 Å². The fourth-order valence-corrected chi connectivity index (χ4v) is 2.45. The number of amides is 4. The van der Waals surface area contributed by atoms with Gasteiger partial charge in [0, 0.05) is 12.8 Å². The third kappa shape index (κ3) is 5.33. The Morgan fingerprint density at radius 2 is 1.33 bits per heavy atom. The Balaban J connectivity index is 0.000000420. The molecule has 0 aromatic rings. The molecule has 2 fully saturated rings. The fourth-order valence-electron chi connectivity index (χ4n) is 1.76. The van der Waals surface area contributed by atoms with Crippen molar-refractivity contribution in [3.05, 3.63) is 0 Å². The molecule has 0 radical (unpaired) electrons. The average Bonchev–Trinajstić information content (AvgIpc) is 3.00. The lowest BCUT2D eigenvalue weighted by atomic mass is 10.4. The maximum atomic E-state index is 11.0. The van der Waals surface area contributed by atoms with Crippen molar-refractivity contribution in [3.63, 3.8) is 0 Å². The van der Waals surface area contributed by atoms with E-state index in [1.807, 2.05) is 13.8 Å². The van der Waals surface area contributed by atoms with Gasteiger partial charge in [-0.1, -0.05) is 13.8 Å². The van der Waals surface area contributed by atoms with Gasteiger partial charge in [-0.3, -0.25) is 28.9 Å². The zero-order valence-electron chi connectivity index (χ0n) is 13.7. The topological polar surface area (TPSA) is 150 Å². The van der Waals surface area contributed by atoms with Crippen LogP contribution in [-0.2, 0) is 39.0 Å². The first-order valence-electron chi connectivity index (χ1n) is 6.89. The third-order valence-corrected chi connectivity index (χ3v) is 3.85. The first-order valence-corrected chi connectivity index (χ1v) is 8.36. The Bertz CT molecular complexity index is 586. The summed E-state index contributed by atoms with van der Waals surface area (Å²) in [6.45, 7) is 4.00. The summed E-state index contributed by atoms with van der Waals surface area (Å²) in [4.78, 5) is 51.8. The number of rotatable bonds is 3. The highest BCUT2D eigenvalue weighted by Gasteiger charge is 2.43. The van der Waals surface area contributed by atoms with E-state index < -0.39 is 33.6 Å². The second-order valence-electron chi connectivity index (χ2n) is 4.16. The molecule has 2 aliphatic rings. The van der Waals surface area contributed by atoms with Gasteiger partial charge in [0.15, 0.2) is 0 Å². The second-order valence-corrected chi connectivity index (χ2v) is 5.71. The van der Waals surface area contributed by atoms with Crippen molar-refractivity contribution in [3.8, 4) is 0 Å². The first kappa shape index (κ1) is 22.1. The van der Waals surface area contributed by atoms with Gasteiger partial charge in [0.2, 0.25) is 0 Å². The fraction of sp³-hybridized carbons (Fsp3) is 0.667. The van der Waals surface area contributed by atoms with Crippen molar-refractivity contribution in [2.75, 3.05) is 14.2 Å². The van der Waals surface area contributed by atoms with Crippen LogP contribution in [0.25, 0.3) is 0 Å². The molecule has 2 aliphatic heterocycles. The van der Waals surface area contributed by atoms with Gasteiger partial charge in [0.1, 0.15) is 15.4 Å². The Morgan fingerprint density at radius 3 is 1.54 bits per heavy atom. The van der Waals surface area contributed by atoms with Gasteiger partial charge < -0.3 is 4.55 Å². The number of hydrogen-bond acceptors (Lipinski definition) is 9. The van der Waals surface area contributed by atoms with Crippen molar-refractivity contribution in [2.45, 2.75) is 38.4 Å². The quantitative estimate of drug-likeness (QED) is 0.449. The van der Waals surface area contributed by atoms with Gasteiger partial charge in [0.25, 0.3) is 23.6 Å². The van der Waals surface area contributed by atoms with Crippen LogP contribution in [0.1, 0.15) is 33.1 Å². The van der Waals surface area contributed by atoms with Gasteiger partial charge in [-0.05, 0) is 0 Å². The predicted octanol–water partition coefficient (Wildman–Crippen LogP) is -1.06. The molecular weight excluding hydrogens is 348 g/mol. The summed E-state index contributed by atoms with van der Waals surface area (Å²) in [6.07, 6.45) is -0.0716. The molecule has 0 N–H and O–H groups in total. The molecular formula is C12H19N2O9S-. The lowest BCUT2D eigenvalue weighted by Gasteiger charge is -2.13. The van der Waals surface area contributed by atoms with Crippen LogP contribution in [0.4, 0.5) is 0 Å². The zero-order valence-corrected chi connectivity index (χ0v) is 14.5. The van der Waals surface area contributed by atoms with Crippen molar-refractivity contribution < 1.29 is 41.8 Å². The predicted molar refractivity (Wildman–Crippen MR) is 76.4 cm³/mol.